The molecule has 1 amide bonds. The Morgan fingerprint density at radius 2 is 1.96 bits per heavy atom. The average Bonchev–Trinajstić information content (AvgIpc) is 3.20. The third-order valence-electron chi connectivity index (χ3n) is 3.86. The lowest BCUT2D eigenvalue weighted by Gasteiger charge is -2.13. The number of hydrogen-bond acceptors (Lipinski definition) is 4. The van der Waals surface area contributed by atoms with Crippen LogP contribution in [0.1, 0.15) is 15.9 Å². The van der Waals surface area contributed by atoms with Gasteiger partial charge in [0.1, 0.15) is 11.5 Å². The Labute approximate surface area is 146 Å². The summed E-state index contributed by atoms with van der Waals surface area (Å²) in [5, 5.41) is 2.93. The lowest BCUT2D eigenvalue weighted by Crippen LogP contribution is -2.24. The number of aromatic nitrogens is 2. The number of carbonyl (C=O) groups excluding carboxylic acids is 1. The molecule has 0 unspecified atom stereocenters. The maximum absolute atomic E-state index is 12.6. The summed E-state index contributed by atoms with van der Waals surface area (Å²) < 4.78 is 12.4. The highest BCUT2D eigenvalue weighted by Crippen LogP contribution is 2.24. The fourth-order valence-corrected chi connectivity index (χ4v) is 2.55. The van der Waals surface area contributed by atoms with Gasteiger partial charge in [0.15, 0.2) is 0 Å². The van der Waals surface area contributed by atoms with E-state index >= 15 is 0 Å². The van der Waals surface area contributed by atoms with E-state index in [1.54, 1.807) is 38.7 Å². The summed E-state index contributed by atoms with van der Waals surface area (Å²) in [6, 6.07) is 11.0. The van der Waals surface area contributed by atoms with Crippen LogP contribution in [0.5, 0.6) is 11.5 Å². The molecule has 25 heavy (non-hydrogen) atoms. The molecule has 2 aromatic heterocycles. The number of carbonyl (C=O) groups is 1. The normalized spacial score (nSPS) is 10.3. The van der Waals surface area contributed by atoms with E-state index in [4.69, 9.17) is 9.47 Å². The fraction of sp³-hybridized carbons (Fsp3) is 0.158. The number of benzene rings is 1. The molecular weight excluding hydrogens is 318 g/mol. The third kappa shape index (κ3) is 3.63. The molecule has 0 saturated carbocycles. The molecule has 0 atom stereocenters. The van der Waals surface area contributed by atoms with Crippen LogP contribution in [-0.2, 0) is 6.54 Å². The van der Waals surface area contributed by atoms with Gasteiger partial charge in [-0.2, -0.15) is 0 Å². The molecule has 3 rings (SSSR count). The molecule has 0 aliphatic rings. The second-order valence-electron chi connectivity index (χ2n) is 5.34. The number of hydrogen-bond donors (Lipinski definition) is 1. The molecule has 0 aliphatic carbocycles. The van der Waals surface area contributed by atoms with E-state index in [0.717, 1.165) is 11.3 Å². The van der Waals surface area contributed by atoms with Gasteiger partial charge in [-0.3, -0.25) is 9.78 Å². The van der Waals surface area contributed by atoms with Gasteiger partial charge in [0.25, 0.3) is 5.91 Å². The van der Waals surface area contributed by atoms with Crippen LogP contribution in [0.25, 0.3) is 5.69 Å². The van der Waals surface area contributed by atoms with Crippen molar-refractivity contribution >= 4 is 5.91 Å². The molecule has 1 N–H and O–H groups in total. The number of pyridine rings is 1. The molecule has 128 valence electrons. The van der Waals surface area contributed by atoms with Crippen LogP contribution in [-0.4, -0.2) is 29.7 Å². The number of amides is 1. The van der Waals surface area contributed by atoms with E-state index in [0.29, 0.717) is 23.6 Å². The lowest BCUT2D eigenvalue weighted by molar-refractivity contribution is 0.0950. The summed E-state index contributed by atoms with van der Waals surface area (Å²) in [6.07, 6.45) is 7.03. The first-order valence-electron chi connectivity index (χ1n) is 7.79. The lowest BCUT2D eigenvalue weighted by atomic mass is 10.1. The fourth-order valence-electron chi connectivity index (χ4n) is 2.55. The molecule has 6 heteroatoms. The number of methoxy groups -OCH3 is 2. The first kappa shape index (κ1) is 16.6. The second kappa shape index (κ2) is 7.53. The minimum atomic E-state index is -0.177. The summed E-state index contributed by atoms with van der Waals surface area (Å²) in [5.41, 5.74) is 2.15. The molecule has 3 aromatic rings. The Morgan fingerprint density at radius 3 is 2.68 bits per heavy atom. The molecule has 0 saturated heterocycles. The van der Waals surface area contributed by atoms with Crippen molar-refractivity contribution in [2.24, 2.45) is 0 Å². The summed E-state index contributed by atoms with van der Waals surface area (Å²) in [6.45, 7) is 0.347. The number of rotatable bonds is 6. The quantitative estimate of drug-likeness (QED) is 0.751. The molecule has 0 radical (unpaired) electrons. The number of nitrogens with zero attached hydrogens (tertiary/aromatic N) is 2. The second-order valence-corrected chi connectivity index (χ2v) is 5.34. The van der Waals surface area contributed by atoms with E-state index in [-0.39, 0.29) is 5.91 Å². The van der Waals surface area contributed by atoms with E-state index < -0.39 is 0 Å². The smallest absolute Gasteiger partial charge is 0.253 e. The molecule has 0 fully saturated rings. The highest BCUT2D eigenvalue weighted by molar-refractivity contribution is 5.97. The monoisotopic (exact) mass is 337 g/mol. The van der Waals surface area contributed by atoms with Crippen LogP contribution in [0.4, 0.5) is 0 Å². The van der Waals surface area contributed by atoms with E-state index in [1.165, 1.54) is 0 Å². The maximum Gasteiger partial charge on any atom is 0.253 e. The predicted molar refractivity (Wildman–Crippen MR) is 94.3 cm³/mol. The summed E-state index contributed by atoms with van der Waals surface area (Å²) in [4.78, 5) is 16.8. The molecule has 0 spiro atoms. The largest absolute Gasteiger partial charge is 0.497 e. The summed E-state index contributed by atoms with van der Waals surface area (Å²) >= 11 is 0. The van der Waals surface area contributed by atoms with Crippen molar-refractivity contribution in [3.8, 4) is 17.2 Å². The molecular formula is C19H19N3O3. The van der Waals surface area contributed by atoms with Crippen LogP contribution in [0, 0.1) is 0 Å². The van der Waals surface area contributed by atoms with Crippen molar-refractivity contribution in [1.82, 2.24) is 14.9 Å². The van der Waals surface area contributed by atoms with Crippen molar-refractivity contribution in [3.63, 3.8) is 0 Å². The van der Waals surface area contributed by atoms with E-state index in [2.05, 4.69) is 10.3 Å². The van der Waals surface area contributed by atoms with Gasteiger partial charge in [0.05, 0.1) is 31.7 Å². The molecule has 6 nitrogen and oxygen atoms in total. The zero-order valence-electron chi connectivity index (χ0n) is 14.1. The number of ether oxygens (including phenoxy) is 2. The Bertz CT molecular complexity index is 860. The van der Waals surface area contributed by atoms with Crippen molar-refractivity contribution in [1.29, 1.82) is 0 Å². The van der Waals surface area contributed by atoms with Gasteiger partial charge in [-0.15, -0.1) is 0 Å². The van der Waals surface area contributed by atoms with Gasteiger partial charge >= 0.3 is 0 Å². The molecule has 0 aliphatic heterocycles. The maximum atomic E-state index is 12.6. The van der Waals surface area contributed by atoms with Crippen molar-refractivity contribution in [3.05, 3.63) is 72.3 Å². The summed E-state index contributed by atoms with van der Waals surface area (Å²) in [5.74, 6) is 1.19. The van der Waals surface area contributed by atoms with Crippen molar-refractivity contribution < 1.29 is 14.3 Å². The van der Waals surface area contributed by atoms with Gasteiger partial charge < -0.3 is 19.4 Å². The Balaban J connectivity index is 1.78. The van der Waals surface area contributed by atoms with E-state index in [9.17, 15) is 4.79 Å². The zero-order chi connectivity index (χ0) is 17.6. The average molecular weight is 337 g/mol. The highest BCUT2D eigenvalue weighted by Gasteiger charge is 2.13. The van der Waals surface area contributed by atoms with Gasteiger partial charge in [-0.1, -0.05) is 0 Å². The Morgan fingerprint density at radius 1 is 1.16 bits per heavy atom. The first-order chi connectivity index (χ1) is 12.2. The highest BCUT2D eigenvalue weighted by atomic mass is 16.5. The van der Waals surface area contributed by atoms with E-state index in [1.807, 2.05) is 41.2 Å². The standard InChI is InChI=1S/C19H19N3O3/c1-24-15-6-5-14(18(11-15)25-2)12-21-19(23)16-7-8-20-13-17(16)22-9-3-4-10-22/h3-11,13H,12H2,1-2H3,(H,21,23). The Kier molecular flexibility index (Phi) is 4.99. The molecule has 2 heterocycles. The van der Waals surface area contributed by atoms with Crippen molar-refractivity contribution in [2.45, 2.75) is 6.54 Å². The predicted octanol–water partition coefficient (Wildman–Crippen LogP) is 2.82. The van der Waals surface area contributed by atoms with Crippen LogP contribution >= 0.6 is 0 Å². The molecule has 0 bridgehead atoms. The molecule has 1 aromatic carbocycles. The number of nitrogens with one attached hydrogen (secondary N) is 1. The topological polar surface area (TPSA) is 65.4 Å². The zero-order valence-corrected chi connectivity index (χ0v) is 14.1. The van der Waals surface area contributed by atoms with Gasteiger partial charge in [0.2, 0.25) is 0 Å². The minimum absolute atomic E-state index is 0.177. The Hall–Kier alpha value is -3.28. The van der Waals surface area contributed by atoms with Gasteiger partial charge in [-0.05, 0) is 30.3 Å². The van der Waals surface area contributed by atoms with Crippen molar-refractivity contribution in [2.75, 3.05) is 14.2 Å². The summed E-state index contributed by atoms with van der Waals surface area (Å²) in [7, 11) is 3.19. The van der Waals surface area contributed by atoms with Crippen LogP contribution < -0.4 is 14.8 Å². The third-order valence-corrected chi connectivity index (χ3v) is 3.86. The minimum Gasteiger partial charge on any atom is -0.497 e. The van der Waals surface area contributed by atoms with Gasteiger partial charge in [-0.25, -0.2) is 0 Å². The SMILES string of the molecule is COc1ccc(CNC(=O)c2ccncc2-n2cccc2)c(OC)c1. The van der Waals surface area contributed by atoms with Gasteiger partial charge in [0, 0.05) is 36.8 Å². The first-order valence-corrected chi connectivity index (χ1v) is 7.79. The van der Waals surface area contributed by atoms with Crippen LogP contribution in [0.15, 0.2) is 61.2 Å². The van der Waals surface area contributed by atoms with Crippen LogP contribution in [0.2, 0.25) is 0 Å². The van der Waals surface area contributed by atoms with Crippen LogP contribution in [0.3, 0.4) is 0 Å².